The molecule has 1 aromatic carbocycles. The predicted octanol–water partition coefficient (Wildman–Crippen LogP) is 1.49. The minimum Gasteiger partial charge on any atom is -0.485 e. The topological polar surface area (TPSA) is 122 Å². The summed E-state index contributed by atoms with van der Waals surface area (Å²) in [6.07, 6.45) is 0. The molecule has 1 rings (SSSR count). The van der Waals surface area contributed by atoms with Gasteiger partial charge in [0.05, 0.1) is 18.1 Å². The molecule has 0 fully saturated rings. The number of nitro benzene ring substituents is 1. The summed E-state index contributed by atoms with van der Waals surface area (Å²) >= 11 is 0. The number of nitro groups is 1. The van der Waals surface area contributed by atoms with Crippen molar-refractivity contribution in [1.82, 2.24) is 0 Å². The maximum absolute atomic E-state index is 11.0. The van der Waals surface area contributed by atoms with Crippen LogP contribution in [0.1, 0.15) is 13.8 Å². The lowest BCUT2D eigenvalue weighted by molar-refractivity contribution is -0.386. The van der Waals surface area contributed by atoms with Gasteiger partial charge in [-0.15, -0.1) is 0 Å². The molecule has 0 aliphatic heterocycles. The zero-order chi connectivity index (χ0) is 15.3. The molecule has 0 radical (unpaired) electrons. The minimum absolute atomic E-state index is 0.00933. The van der Waals surface area contributed by atoms with Crippen molar-refractivity contribution in [2.75, 3.05) is 13.2 Å². The predicted molar refractivity (Wildman–Crippen MR) is 74.6 cm³/mol. The van der Waals surface area contributed by atoms with Gasteiger partial charge in [0, 0.05) is 12.1 Å². The lowest BCUT2D eigenvalue weighted by Gasteiger charge is -2.09. The maximum Gasteiger partial charge on any atom is 0.522 e. The second-order valence-electron chi connectivity index (χ2n) is 3.47. The lowest BCUT2D eigenvalue weighted by Crippen LogP contribution is -2.03. The van der Waals surface area contributed by atoms with Crippen LogP contribution in [0, 0.1) is 10.1 Å². The fourth-order valence-electron chi connectivity index (χ4n) is 1.45. The van der Waals surface area contributed by atoms with Crippen molar-refractivity contribution in [3.05, 3.63) is 22.2 Å². The SMILES string of the molecule is CCOc1c([S+]=P(O)(O)O)ccc([N+](=O)[O-])c1OCC. The van der Waals surface area contributed by atoms with Crippen molar-refractivity contribution in [2.45, 2.75) is 18.7 Å². The standard InChI is InChI=1S/C10H15NO7PS/c1-3-17-9-7(11(12)13)5-6-8(10(9)18-4-2)20-19(14,15)16/h5-6,14-16H,3-4H2,1-2H3/q+1. The lowest BCUT2D eigenvalue weighted by atomic mass is 10.2. The molecule has 0 aromatic heterocycles. The van der Waals surface area contributed by atoms with E-state index in [1.165, 1.54) is 6.07 Å². The second-order valence-corrected chi connectivity index (χ2v) is 7.14. The van der Waals surface area contributed by atoms with E-state index in [1.54, 1.807) is 13.8 Å². The highest BCUT2D eigenvalue weighted by atomic mass is 32.5. The third kappa shape index (κ3) is 4.39. The van der Waals surface area contributed by atoms with Crippen LogP contribution in [-0.4, -0.2) is 32.8 Å². The van der Waals surface area contributed by atoms with Crippen molar-refractivity contribution in [1.29, 1.82) is 0 Å². The van der Waals surface area contributed by atoms with E-state index < -0.39 is 11.6 Å². The Morgan fingerprint density at radius 3 is 2.20 bits per heavy atom. The van der Waals surface area contributed by atoms with Crippen LogP contribution < -0.4 is 9.47 Å². The maximum atomic E-state index is 11.0. The van der Waals surface area contributed by atoms with Crippen LogP contribution in [0.4, 0.5) is 5.69 Å². The van der Waals surface area contributed by atoms with E-state index in [0.29, 0.717) is 10.9 Å². The van der Waals surface area contributed by atoms with Gasteiger partial charge >= 0.3 is 12.4 Å². The molecule has 8 nitrogen and oxygen atoms in total. The first-order chi connectivity index (χ1) is 9.30. The van der Waals surface area contributed by atoms with Crippen molar-refractivity contribution < 1.29 is 29.1 Å². The molecule has 0 aliphatic carbocycles. The number of ether oxygens (including phenoxy) is 2. The largest absolute Gasteiger partial charge is 0.522 e. The summed E-state index contributed by atoms with van der Waals surface area (Å²) < 4.78 is 10.5. The molecule has 10 heteroatoms. The monoisotopic (exact) mass is 324 g/mol. The Hall–Kier alpha value is -1.25. The van der Waals surface area contributed by atoms with Crippen molar-refractivity contribution in [3.63, 3.8) is 0 Å². The van der Waals surface area contributed by atoms with Gasteiger partial charge in [0.25, 0.3) is 15.8 Å². The Labute approximate surface area is 119 Å². The zero-order valence-electron chi connectivity index (χ0n) is 10.8. The molecule has 0 heterocycles. The van der Waals surface area contributed by atoms with Crippen LogP contribution >= 0.6 is 6.72 Å². The van der Waals surface area contributed by atoms with Gasteiger partial charge in [0.15, 0.2) is 0 Å². The number of nitrogens with zero attached hydrogens (tertiary/aromatic N) is 1. The van der Waals surface area contributed by atoms with Gasteiger partial charge in [-0.3, -0.25) is 24.8 Å². The number of benzene rings is 1. The Morgan fingerprint density at radius 2 is 1.75 bits per heavy atom. The summed E-state index contributed by atoms with van der Waals surface area (Å²) in [5.41, 5.74) is -0.294. The van der Waals surface area contributed by atoms with Crippen LogP contribution in [0.25, 0.3) is 0 Å². The highest BCUT2D eigenvalue weighted by Gasteiger charge is 2.32. The third-order valence-corrected chi connectivity index (χ3v) is 4.14. The molecular weight excluding hydrogens is 309 g/mol. The fraction of sp³-hybridized carbons (Fsp3) is 0.400. The minimum atomic E-state index is -4.15. The number of rotatable bonds is 6. The number of hydrogen-bond acceptors (Lipinski definition) is 4. The Morgan fingerprint density at radius 1 is 1.20 bits per heavy atom. The van der Waals surface area contributed by atoms with Crippen LogP contribution in [0.15, 0.2) is 17.0 Å². The molecule has 0 saturated heterocycles. The first kappa shape index (κ1) is 16.8. The normalized spacial score (nSPS) is 11.1. The molecule has 0 saturated carbocycles. The second kappa shape index (κ2) is 6.96. The fourth-order valence-corrected chi connectivity index (χ4v) is 3.30. The molecule has 0 atom stereocenters. The molecule has 0 spiro atoms. The van der Waals surface area contributed by atoms with E-state index >= 15 is 0 Å². The Balaban J connectivity index is 3.55. The van der Waals surface area contributed by atoms with Gasteiger partial charge in [-0.25, -0.2) is 0 Å². The van der Waals surface area contributed by atoms with Gasteiger partial charge in [-0.05, 0) is 13.8 Å². The molecule has 112 valence electrons. The van der Waals surface area contributed by atoms with Crippen LogP contribution in [-0.2, 0) is 10.9 Å². The average Bonchev–Trinajstić information content (AvgIpc) is 2.31. The van der Waals surface area contributed by atoms with Crippen LogP contribution in [0.3, 0.4) is 0 Å². The van der Waals surface area contributed by atoms with Crippen LogP contribution in [0.2, 0.25) is 0 Å². The van der Waals surface area contributed by atoms with E-state index in [4.69, 9.17) is 24.2 Å². The quantitative estimate of drug-likeness (QED) is 0.313. The van der Waals surface area contributed by atoms with E-state index in [-0.39, 0.29) is 35.3 Å². The van der Waals surface area contributed by atoms with Crippen molar-refractivity contribution in [2.24, 2.45) is 0 Å². The molecule has 0 bridgehead atoms. The molecule has 1 aromatic rings. The highest BCUT2D eigenvalue weighted by molar-refractivity contribution is 8.16. The smallest absolute Gasteiger partial charge is 0.485 e. The molecule has 3 N–H and O–H groups in total. The van der Waals surface area contributed by atoms with Gasteiger partial charge in [-0.1, -0.05) is 0 Å². The van der Waals surface area contributed by atoms with Gasteiger partial charge in [0.2, 0.25) is 11.5 Å². The molecule has 20 heavy (non-hydrogen) atoms. The van der Waals surface area contributed by atoms with E-state index in [1.807, 2.05) is 0 Å². The summed E-state index contributed by atoms with van der Waals surface area (Å²) in [6.45, 7) is -0.462. The molecule has 0 unspecified atom stereocenters. The summed E-state index contributed by atoms with van der Waals surface area (Å²) in [7, 11) is 0.378. The van der Waals surface area contributed by atoms with Gasteiger partial charge in [-0.2, -0.15) is 0 Å². The Bertz CT molecular complexity index is 549. The van der Waals surface area contributed by atoms with E-state index in [9.17, 15) is 10.1 Å². The summed E-state index contributed by atoms with van der Waals surface area (Å²) in [5, 5.41) is 11.0. The van der Waals surface area contributed by atoms with E-state index in [2.05, 4.69) is 0 Å². The molecular formula is C10H15NO7PS+. The summed E-state index contributed by atoms with van der Waals surface area (Å²) in [4.78, 5) is 37.9. The van der Waals surface area contributed by atoms with Crippen molar-refractivity contribution >= 4 is 23.3 Å². The molecule has 0 amide bonds. The number of hydrogen-bond donors (Lipinski definition) is 3. The average molecular weight is 324 g/mol. The first-order valence-corrected chi connectivity index (χ1v) is 8.70. The Kier molecular flexibility index (Phi) is 5.85. The van der Waals surface area contributed by atoms with E-state index in [0.717, 1.165) is 6.07 Å². The third-order valence-electron chi connectivity index (χ3n) is 2.05. The zero-order valence-corrected chi connectivity index (χ0v) is 12.6. The first-order valence-electron chi connectivity index (χ1n) is 5.64. The summed E-state index contributed by atoms with van der Waals surface area (Å²) in [5.74, 6) is -0.0899. The van der Waals surface area contributed by atoms with Crippen molar-refractivity contribution in [3.8, 4) is 11.5 Å². The molecule has 0 aliphatic rings. The van der Waals surface area contributed by atoms with Crippen LogP contribution in [0.5, 0.6) is 11.5 Å². The van der Waals surface area contributed by atoms with Gasteiger partial charge in [0.1, 0.15) is 0 Å². The highest BCUT2D eigenvalue weighted by Crippen LogP contribution is 2.44. The summed E-state index contributed by atoms with van der Waals surface area (Å²) in [6, 6.07) is 2.43. The van der Waals surface area contributed by atoms with Gasteiger partial charge < -0.3 is 9.47 Å².